The largest absolute Gasteiger partial charge is 0.433 e. The SMILES string of the molecule is CC1CC(C)C(C)N(c2cc(C(F)(F)F)nc(NN)n2)C1. The molecule has 8 heteroatoms. The van der Waals surface area contributed by atoms with Crippen molar-refractivity contribution in [3.05, 3.63) is 11.8 Å². The van der Waals surface area contributed by atoms with Crippen molar-refractivity contribution in [2.45, 2.75) is 39.4 Å². The lowest BCUT2D eigenvalue weighted by molar-refractivity contribution is -0.141. The highest BCUT2D eigenvalue weighted by atomic mass is 19.4. The van der Waals surface area contributed by atoms with Gasteiger partial charge in [0, 0.05) is 18.7 Å². The van der Waals surface area contributed by atoms with Crippen molar-refractivity contribution < 1.29 is 13.2 Å². The zero-order valence-electron chi connectivity index (χ0n) is 12.3. The second kappa shape index (κ2) is 5.67. The molecule has 0 aliphatic carbocycles. The summed E-state index contributed by atoms with van der Waals surface area (Å²) in [6.45, 7) is 6.86. The minimum absolute atomic E-state index is 0.114. The quantitative estimate of drug-likeness (QED) is 0.649. The highest BCUT2D eigenvalue weighted by molar-refractivity contribution is 5.46. The topological polar surface area (TPSA) is 67.1 Å². The van der Waals surface area contributed by atoms with Crippen LogP contribution in [0.2, 0.25) is 0 Å². The van der Waals surface area contributed by atoms with Gasteiger partial charge in [-0.25, -0.2) is 10.8 Å². The van der Waals surface area contributed by atoms with E-state index in [4.69, 9.17) is 5.84 Å². The Bertz CT molecular complexity index is 505. The van der Waals surface area contributed by atoms with Crippen LogP contribution in [-0.2, 0) is 6.18 Å². The van der Waals surface area contributed by atoms with Crippen LogP contribution in [0.3, 0.4) is 0 Å². The number of hydrogen-bond donors (Lipinski definition) is 2. The Hall–Kier alpha value is -1.57. The second-order valence-corrected chi connectivity index (χ2v) is 5.79. The molecular weight excluding hydrogens is 283 g/mol. The van der Waals surface area contributed by atoms with Crippen molar-refractivity contribution in [2.24, 2.45) is 17.7 Å². The average Bonchev–Trinajstić information content (AvgIpc) is 2.41. The van der Waals surface area contributed by atoms with Gasteiger partial charge in [-0.2, -0.15) is 18.2 Å². The van der Waals surface area contributed by atoms with Crippen LogP contribution in [0.25, 0.3) is 0 Å². The minimum Gasteiger partial charge on any atom is -0.353 e. The fraction of sp³-hybridized carbons (Fsp3) is 0.692. The molecule has 21 heavy (non-hydrogen) atoms. The molecule has 0 aromatic carbocycles. The summed E-state index contributed by atoms with van der Waals surface area (Å²) in [4.78, 5) is 9.37. The van der Waals surface area contributed by atoms with Gasteiger partial charge in [0.15, 0.2) is 5.69 Å². The van der Waals surface area contributed by atoms with E-state index >= 15 is 0 Å². The average molecular weight is 303 g/mol. The molecule has 3 N–H and O–H groups in total. The van der Waals surface area contributed by atoms with E-state index in [9.17, 15) is 13.2 Å². The molecular formula is C13H20F3N5. The third-order valence-electron chi connectivity index (χ3n) is 4.02. The maximum Gasteiger partial charge on any atom is 0.433 e. The number of piperidine rings is 1. The Morgan fingerprint density at radius 3 is 2.52 bits per heavy atom. The molecule has 1 aliphatic rings. The van der Waals surface area contributed by atoms with Gasteiger partial charge in [0.05, 0.1) is 0 Å². The number of nitrogens with zero attached hydrogens (tertiary/aromatic N) is 3. The maximum absolute atomic E-state index is 12.9. The molecule has 118 valence electrons. The van der Waals surface area contributed by atoms with Gasteiger partial charge < -0.3 is 4.90 Å². The highest BCUT2D eigenvalue weighted by Crippen LogP contribution is 2.34. The van der Waals surface area contributed by atoms with Gasteiger partial charge in [-0.1, -0.05) is 13.8 Å². The van der Waals surface area contributed by atoms with E-state index in [1.54, 1.807) is 0 Å². The van der Waals surface area contributed by atoms with Crippen molar-refractivity contribution in [2.75, 3.05) is 16.9 Å². The Morgan fingerprint density at radius 2 is 1.95 bits per heavy atom. The van der Waals surface area contributed by atoms with Crippen molar-refractivity contribution in [1.82, 2.24) is 9.97 Å². The molecule has 5 nitrogen and oxygen atoms in total. The summed E-state index contributed by atoms with van der Waals surface area (Å²) in [5, 5.41) is 0. The number of rotatable bonds is 2. The number of alkyl halides is 3. The first kappa shape index (κ1) is 15.8. The lowest BCUT2D eigenvalue weighted by Gasteiger charge is -2.42. The van der Waals surface area contributed by atoms with Crippen LogP contribution in [0.15, 0.2) is 6.07 Å². The zero-order valence-corrected chi connectivity index (χ0v) is 12.3. The first-order valence-corrected chi connectivity index (χ1v) is 6.92. The van der Waals surface area contributed by atoms with Crippen LogP contribution in [-0.4, -0.2) is 22.6 Å². The summed E-state index contributed by atoms with van der Waals surface area (Å²) < 4.78 is 38.8. The number of nitrogens with two attached hydrogens (primary N) is 1. The van der Waals surface area contributed by atoms with E-state index in [2.05, 4.69) is 29.2 Å². The van der Waals surface area contributed by atoms with Gasteiger partial charge in [0.2, 0.25) is 5.95 Å². The van der Waals surface area contributed by atoms with Gasteiger partial charge in [0.1, 0.15) is 5.82 Å². The van der Waals surface area contributed by atoms with Gasteiger partial charge in [0.25, 0.3) is 0 Å². The Morgan fingerprint density at radius 1 is 1.29 bits per heavy atom. The third kappa shape index (κ3) is 3.37. The van der Waals surface area contributed by atoms with E-state index in [0.717, 1.165) is 12.5 Å². The molecule has 3 atom stereocenters. The highest BCUT2D eigenvalue weighted by Gasteiger charge is 2.36. The minimum atomic E-state index is -4.53. The van der Waals surface area contributed by atoms with E-state index < -0.39 is 11.9 Å². The van der Waals surface area contributed by atoms with Gasteiger partial charge in [-0.15, -0.1) is 0 Å². The predicted molar refractivity (Wildman–Crippen MR) is 74.6 cm³/mol. The first-order valence-electron chi connectivity index (χ1n) is 6.92. The number of nitrogens with one attached hydrogen (secondary N) is 1. The van der Waals surface area contributed by atoms with E-state index in [1.807, 2.05) is 11.8 Å². The van der Waals surface area contributed by atoms with Crippen LogP contribution in [0.5, 0.6) is 0 Å². The van der Waals surface area contributed by atoms with E-state index in [-0.39, 0.29) is 17.8 Å². The summed E-state index contributed by atoms with van der Waals surface area (Å²) in [7, 11) is 0. The predicted octanol–water partition coefficient (Wildman–Crippen LogP) is 2.65. The molecule has 0 bridgehead atoms. The van der Waals surface area contributed by atoms with Crippen molar-refractivity contribution in [1.29, 1.82) is 0 Å². The fourth-order valence-electron chi connectivity index (χ4n) is 2.81. The maximum atomic E-state index is 12.9. The Kier molecular flexibility index (Phi) is 4.27. The van der Waals surface area contributed by atoms with Crippen LogP contribution in [0, 0.1) is 11.8 Å². The van der Waals surface area contributed by atoms with Crippen molar-refractivity contribution in [3.8, 4) is 0 Å². The summed E-state index contributed by atoms with van der Waals surface area (Å²) in [5.41, 5.74) is 1.12. The molecule has 0 saturated carbocycles. The number of halogens is 3. The number of anilines is 2. The van der Waals surface area contributed by atoms with Gasteiger partial charge in [-0.05, 0) is 25.2 Å². The molecule has 1 fully saturated rings. The summed E-state index contributed by atoms with van der Waals surface area (Å²) >= 11 is 0. The third-order valence-corrected chi connectivity index (χ3v) is 4.02. The molecule has 1 aliphatic heterocycles. The molecule has 0 spiro atoms. The summed E-state index contributed by atoms with van der Waals surface area (Å²) in [6.07, 6.45) is -3.48. The smallest absolute Gasteiger partial charge is 0.353 e. The number of nitrogen functional groups attached to an aromatic ring is 1. The van der Waals surface area contributed by atoms with Crippen molar-refractivity contribution >= 4 is 11.8 Å². The molecule has 1 aromatic rings. The van der Waals surface area contributed by atoms with Crippen LogP contribution in [0.1, 0.15) is 32.9 Å². The molecule has 1 saturated heterocycles. The normalized spacial score (nSPS) is 26.8. The second-order valence-electron chi connectivity index (χ2n) is 5.79. The molecule has 2 heterocycles. The summed E-state index contributed by atoms with van der Waals surface area (Å²) in [6, 6.07) is 1.10. The Labute approximate surface area is 121 Å². The lowest BCUT2D eigenvalue weighted by Crippen LogP contribution is -2.46. The first-order chi connectivity index (χ1) is 9.72. The molecule has 0 amide bonds. The fourth-order valence-corrected chi connectivity index (χ4v) is 2.81. The molecule has 1 aromatic heterocycles. The van der Waals surface area contributed by atoms with Crippen LogP contribution in [0.4, 0.5) is 24.9 Å². The number of aromatic nitrogens is 2. The van der Waals surface area contributed by atoms with Crippen molar-refractivity contribution in [3.63, 3.8) is 0 Å². The molecule has 3 unspecified atom stereocenters. The van der Waals surface area contributed by atoms with Crippen LogP contribution >= 0.6 is 0 Å². The summed E-state index contributed by atoms with van der Waals surface area (Å²) in [5.74, 6) is 6.00. The number of hydrogen-bond acceptors (Lipinski definition) is 5. The van der Waals surface area contributed by atoms with E-state index in [0.29, 0.717) is 18.4 Å². The zero-order chi connectivity index (χ0) is 15.8. The van der Waals surface area contributed by atoms with Gasteiger partial charge in [-0.3, -0.25) is 5.43 Å². The standard InChI is InChI=1S/C13H20F3N5/c1-7-4-8(2)9(3)21(6-7)11-5-10(13(14,15)16)18-12(19-11)20-17/h5,7-9H,4,6,17H2,1-3H3,(H,18,19,20). The van der Waals surface area contributed by atoms with Crippen LogP contribution < -0.4 is 16.2 Å². The Balaban J connectivity index is 2.42. The molecule has 2 rings (SSSR count). The lowest BCUT2D eigenvalue weighted by atomic mass is 9.86. The monoisotopic (exact) mass is 303 g/mol. The molecule has 0 radical (unpaired) electrons. The van der Waals surface area contributed by atoms with Gasteiger partial charge >= 0.3 is 6.18 Å². The number of hydrazine groups is 1. The van der Waals surface area contributed by atoms with E-state index in [1.165, 1.54) is 0 Å².